The Hall–Kier alpha value is -0.500. The normalized spacial score (nSPS) is 47.7. The lowest BCUT2D eigenvalue weighted by atomic mass is 9.55. The summed E-state index contributed by atoms with van der Waals surface area (Å²) in [5.74, 6) is 0.0808. The zero-order chi connectivity index (χ0) is 23.6. The number of likely N-dealkylation sites (tertiary alicyclic amines) is 1. The molecule has 2 aliphatic carbocycles. The molecular formula is C27H45NO5. The van der Waals surface area contributed by atoms with E-state index in [0.29, 0.717) is 19.1 Å². The predicted octanol–water partition coefficient (Wildman–Crippen LogP) is 3.79. The fourth-order valence-electron chi connectivity index (χ4n) is 7.39. The molecule has 6 nitrogen and oxygen atoms in total. The number of rotatable bonds is 6. The second kappa shape index (κ2) is 8.56. The summed E-state index contributed by atoms with van der Waals surface area (Å²) in [4.78, 5) is 2.43. The predicted molar refractivity (Wildman–Crippen MR) is 127 cm³/mol. The minimum Gasteiger partial charge on any atom is -0.389 e. The van der Waals surface area contributed by atoms with E-state index in [9.17, 15) is 10.2 Å². The third kappa shape index (κ3) is 3.84. The quantitative estimate of drug-likeness (QED) is 0.584. The summed E-state index contributed by atoms with van der Waals surface area (Å²) in [7, 11) is 0. The van der Waals surface area contributed by atoms with Gasteiger partial charge in [-0.1, -0.05) is 32.8 Å². The van der Waals surface area contributed by atoms with Crippen LogP contribution in [0.2, 0.25) is 0 Å². The standard InChI is InChI=1S/C27H45NO5/c1-6-20-24(33-22(32-20)15-28-13-11-18(28)3)23-17(2)10-12-26(29,25(23,4)5)14-19-8-7-9-21-27(19,30)16-31-21/h18-22,24,29-30H,6-16H2,1-5H3/t18-,19?,20-,21+,22-,24-,26+,27+/m0/s1. The van der Waals surface area contributed by atoms with E-state index < -0.39 is 16.6 Å². The first-order chi connectivity index (χ1) is 15.6. The molecule has 0 radical (unpaired) electrons. The van der Waals surface area contributed by atoms with Crippen molar-refractivity contribution in [2.75, 3.05) is 19.7 Å². The lowest BCUT2D eigenvalue weighted by Crippen LogP contribution is -2.66. The number of hydrogen-bond acceptors (Lipinski definition) is 6. The summed E-state index contributed by atoms with van der Waals surface area (Å²) in [6.45, 7) is 13.4. The van der Waals surface area contributed by atoms with E-state index in [1.165, 1.54) is 17.6 Å². The first-order valence-electron chi connectivity index (χ1n) is 13.4. The molecule has 4 fully saturated rings. The smallest absolute Gasteiger partial charge is 0.171 e. The van der Waals surface area contributed by atoms with Gasteiger partial charge in [0.2, 0.25) is 0 Å². The van der Waals surface area contributed by atoms with Crippen molar-refractivity contribution in [2.45, 2.75) is 128 Å². The van der Waals surface area contributed by atoms with Crippen LogP contribution in [0.15, 0.2) is 11.1 Å². The molecule has 2 N–H and O–H groups in total. The molecule has 0 aromatic carbocycles. The van der Waals surface area contributed by atoms with Crippen molar-refractivity contribution in [2.24, 2.45) is 11.3 Å². The van der Waals surface area contributed by atoms with Gasteiger partial charge in [-0.25, -0.2) is 0 Å². The summed E-state index contributed by atoms with van der Waals surface area (Å²) in [5.41, 5.74) is 0.460. The van der Waals surface area contributed by atoms with Crippen LogP contribution in [-0.2, 0) is 14.2 Å². The zero-order valence-electron chi connectivity index (χ0n) is 21.3. The van der Waals surface area contributed by atoms with Gasteiger partial charge in [-0.2, -0.15) is 0 Å². The molecule has 33 heavy (non-hydrogen) atoms. The van der Waals surface area contributed by atoms with Crippen LogP contribution in [0.5, 0.6) is 0 Å². The van der Waals surface area contributed by atoms with Gasteiger partial charge in [0, 0.05) is 24.5 Å². The molecule has 3 heterocycles. The molecular weight excluding hydrogens is 418 g/mol. The van der Waals surface area contributed by atoms with Crippen molar-refractivity contribution in [3.8, 4) is 0 Å². The Kier molecular flexibility index (Phi) is 6.28. The first kappa shape index (κ1) is 24.2. The molecule has 6 heteroatoms. The first-order valence-corrected chi connectivity index (χ1v) is 13.4. The van der Waals surface area contributed by atoms with Gasteiger partial charge < -0.3 is 24.4 Å². The monoisotopic (exact) mass is 463 g/mol. The molecule has 5 aliphatic rings. The number of nitrogens with zero attached hydrogens (tertiary/aromatic N) is 1. The summed E-state index contributed by atoms with van der Waals surface area (Å²) in [5, 5.41) is 23.5. The second-order valence-corrected chi connectivity index (χ2v) is 12.2. The maximum Gasteiger partial charge on any atom is 0.171 e. The van der Waals surface area contributed by atoms with Crippen LogP contribution < -0.4 is 0 Å². The topological polar surface area (TPSA) is 71.4 Å². The second-order valence-electron chi connectivity index (χ2n) is 12.2. The van der Waals surface area contributed by atoms with E-state index in [1.54, 1.807) is 0 Å². The van der Waals surface area contributed by atoms with E-state index >= 15 is 0 Å². The third-order valence-corrected chi connectivity index (χ3v) is 10.1. The van der Waals surface area contributed by atoms with E-state index in [0.717, 1.165) is 51.6 Å². The highest BCUT2D eigenvalue weighted by Crippen LogP contribution is 2.56. The van der Waals surface area contributed by atoms with Crippen LogP contribution in [0.3, 0.4) is 0 Å². The summed E-state index contributed by atoms with van der Waals surface area (Å²) >= 11 is 0. The molecule has 3 saturated heterocycles. The summed E-state index contributed by atoms with van der Waals surface area (Å²) < 4.78 is 18.7. The minimum atomic E-state index is -0.883. The molecule has 8 atom stereocenters. The van der Waals surface area contributed by atoms with E-state index in [-0.39, 0.29) is 30.5 Å². The highest BCUT2D eigenvalue weighted by atomic mass is 16.7. The average molecular weight is 464 g/mol. The van der Waals surface area contributed by atoms with Gasteiger partial charge in [0.15, 0.2) is 6.29 Å². The van der Waals surface area contributed by atoms with Gasteiger partial charge in [0.1, 0.15) is 11.7 Å². The Morgan fingerprint density at radius 3 is 2.52 bits per heavy atom. The van der Waals surface area contributed by atoms with E-state index in [2.05, 4.69) is 39.5 Å². The van der Waals surface area contributed by atoms with Crippen LogP contribution >= 0.6 is 0 Å². The van der Waals surface area contributed by atoms with Gasteiger partial charge in [0.25, 0.3) is 0 Å². The van der Waals surface area contributed by atoms with Crippen molar-refractivity contribution < 1.29 is 24.4 Å². The van der Waals surface area contributed by atoms with Crippen molar-refractivity contribution >= 4 is 0 Å². The summed E-state index contributed by atoms with van der Waals surface area (Å²) in [6, 6.07) is 0.606. The maximum absolute atomic E-state index is 12.2. The van der Waals surface area contributed by atoms with Gasteiger partial charge >= 0.3 is 0 Å². The molecule has 0 bridgehead atoms. The highest BCUT2D eigenvalue weighted by Gasteiger charge is 2.60. The van der Waals surface area contributed by atoms with E-state index in [1.807, 2.05) is 0 Å². The molecule has 1 saturated carbocycles. The number of aliphatic hydroxyl groups is 2. The van der Waals surface area contributed by atoms with Gasteiger partial charge in [-0.15, -0.1) is 0 Å². The van der Waals surface area contributed by atoms with Crippen molar-refractivity contribution in [3.63, 3.8) is 0 Å². The molecule has 0 aromatic heterocycles. The molecule has 188 valence electrons. The Labute approximate surface area is 199 Å². The molecule has 0 amide bonds. The molecule has 3 aliphatic heterocycles. The van der Waals surface area contributed by atoms with Crippen molar-refractivity contribution in [1.29, 1.82) is 0 Å². The third-order valence-electron chi connectivity index (χ3n) is 10.1. The van der Waals surface area contributed by atoms with E-state index in [4.69, 9.17) is 14.2 Å². The highest BCUT2D eigenvalue weighted by molar-refractivity contribution is 5.33. The van der Waals surface area contributed by atoms with Crippen LogP contribution in [0, 0.1) is 11.3 Å². The van der Waals surface area contributed by atoms with Crippen LogP contribution in [0.25, 0.3) is 0 Å². The number of fused-ring (bicyclic) bond motifs is 1. The number of allylic oxidation sites excluding steroid dienone is 1. The lowest BCUT2D eigenvalue weighted by Gasteiger charge is -2.57. The van der Waals surface area contributed by atoms with Gasteiger partial charge in [-0.3, -0.25) is 4.90 Å². The minimum absolute atomic E-state index is 0.0152. The SMILES string of the molecule is CC[C@@H]1O[C@H](CN2CC[C@@H]2C)O[C@@H]1C1=C(C)CC[C@@](O)(CC2CCC[C@H]3OC[C@@]23O)C1(C)C. The average Bonchev–Trinajstić information content (AvgIpc) is 3.16. The molecule has 5 rings (SSSR count). The van der Waals surface area contributed by atoms with Crippen molar-refractivity contribution in [3.05, 3.63) is 11.1 Å². The Bertz CT molecular complexity index is 782. The van der Waals surface area contributed by atoms with Crippen LogP contribution in [0.1, 0.15) is 86.0 Å². The molecule has 0 spiro atoms. The lowest BCUT2D eigenvalue weighted by molar-refractivity contribution is -0.285. The summed E-state index contributed by atoms with van der Waals surface area (Å²) in [6.07, 6.45) is 6.94. The Morgan fingerprint density at radius 2 is 1.91 bits per heavy atom. The fraction of sp³-hybridized carbons (Fsp3) is 0.926. The molecule has 0 aromatic rings. The fourth-order valence-corrected chi connectivity index (χ4v) is 7.39. The molecule has 1 unspecified atom stereocenters. The Balaban J connectivity index is 1.37. The Morgan fingerprint density at radius 1 is 1.12 bits per heavy atom. The van der Waals surface area contributed by atoms with Crippen LogP contribution in [-0.4, -0.2) is 76.7 Å². The zero-order valence-corrected chi connectivity index (χ0v) is 21.3. The van der Waals surface area contributed by atoms with Crippen molar-refractivity contribution in [1.82, 2.24) is 4.90 Å². The van der Waals surface area contributed by atoms with Crippen LogP contribution in [0.4, 0.5) is 0 Å². The largest absolute Gasteiger partial charge is 0.389 e. The van der Waals surface area contributed by atoms with Gasteiger partial charge in [0.05, 0.1) is 24.4 Å². The number of hydrogen-bond donors (Lipinski definition) is 2. The van der Waals surface area contributed by atoms with Gasteiger partial charge in [-0.05, 0) is 70.3 Å². The number of ether oxygens (including phenoxy) is 3. The maximum atomic E-state index is 12.2.